The first kappa shape index (κ1) is 17.3. The largest absolute Gasteiger partial charge is 0.491 e. The van der Waals surface area contributed by atoms with Crippen LogP contribution in [0, 0.1) is 5.92 Å². The number of aliphatic hydroxyl groups is 1. The van der Waals surface area contributed by atoms with Crippen LogP contribution in [0.25, 0.3) is 0 Å². The maximum Gasteiger partial charge on any atom is 0.122 e. The monoisotopic (exact) mass is 305 g/mol. The number of nitrogens with zero attached hydrogens (tertiary/aromatic N) is 1. The number of piperidine rings is 1. The number of rotatable bonds is 7. The van der Waals surface area contributed by atoms with Crippen LogP contribution in [0.15, 0.2) is 24.3 Å². The molecule has 1 aliphatic rings. The predicted molar refractivity (Wildman–Crippen MR) is 91.5 cm³/mol. The number of ether oxygens (including phenoxy) is 1. The lowest BCUT2D eigenvalue weighted by atomic mass is 9.98. The fraction of sp³-hybridized carbons (Fsp3) is 0.684. The highest BCUT2D eigenvalue weighted by molar-refractivity contribution is 5.35. The molecule has 0 aromatic heterocycles. The molecule has 0 spiro atoms. The summed E-state index contributed by atoms with van der Waals surface area (Å²) in [6.07, 6.45) is 3.22. The zero-order chi connectivity index (χ0) is 15.9. The number of likely N-dealkylation sites (tertiary alicyclic amines) is 1. The molecule has 1 aromatic carbocycles. The molecule has 0 aliphatic carbocycles. The topological polar surface area (TPSA) is 32.7 Å². The van der Waals surface area contributed by atoms with Crippen molar-refractivity contribution < 1.29 is 9.84 Å². The Morgan fingerprint density at radius 3 is 2.86 bits per heavy atom. The highest BCUT2D eigenvalue weighted by Gasteiger charge is 2.19. The summed E-state index contributed by atoms with van der Waals surface area (Å²) in [6, 6.07) is 8.19. The molecule has 1 N–H and O–H groups in total. The van der Waals surface area contributed by atoms with Gasteiger partial charge in [-0.25, -0.2) is 0 Å². The van der Waals surface area contributed by atoms with Crippen molar-refractivity contribution >= 4 is 0 Å². The Kier molecular flexibility index (Phi) is 6.71. The first-order chi connectivity index (χ1) is 10.6. The van der Waals surface area contributed by atoms with Gasteiger partial charge >= 0.3 is 0 Å². The van der Waals surface area contributed by atoms with Crippen LogP contribution < -0.4 is 4.74 Å². The van der Waals surface area contributed by atoms with Gasteiger partial charge in [-0.05, 0) is 49.3 Å². The van der Waals surface area contributed by atoms with E-state index in [-0.39, 0.29) is 0 Å². The van der Waals surface area contributed by atoms with E-state index in [0.29, 0.717) is 12.5 Å². The van der Waals surface area contributed by atoms with E-state index < -0.39 is 6.10 Å². The summed E-state index contributed by atoms with van der Waals surface area (Å²) in [5.41, 5.74) is 1.24. The lowest BCUT2D eigenvalue weighted by Crippen LogP contribution is -2.41. The summed E-state index contributed by atoms with van der Waals surface area (Å²) in [4.78, 5) is 2.36. The van der Waals surface area contributed by atoms with Gasteiger partial charge in [-0.3, -0.25) is 0 Å². The molecule has 3 heteroatoms. The van der Waals surface area contributed by atoms with Gasteiger partial charge in [-0.2, -0.15) is 0 Å². The van der Waals surface area contributed by atoms with Crippen molar-refractivity contribution in [1.29, 1.82) is 0 Å². The van der Waals surface area contributed by atoms with Crippen LogP contribution in [-0.2, 0) is 0 Å². The molecule has 1 aliphatic heterocycles. The Bertz CT molecular complexity index is 449. The van der Waals surface area contributed by atoms with Crippen LogP contribution in [0.2, 0.25) is 0 Å². The van der Waals surface area contributed by atoms with Gasteiger partial charge in [0.05, 0.1) is 0 Å². The van der Waals surface area contributed by atoms with E-state index in [1.807, 2.05) is 12.1 Å². The van der Waals surface area contributed by atoms with Crippen LogP contribution in [0.5, 0.6) is 5.75 Å². The Morgan fingerprint density at radius 1 is 1.36 bits per heavy atom. The molecule has 1 saturated heterocycles. The maximum absolute atomic E-state index is 10.3. The minimum absolute atomic E-state index is 0.373. The minimum Gasteiger partial charge on any atom is -0.491 e. The minimum atomic E-state index is -0.421. The van der Waals surface area contributed by atoms with Crippen molar-refractivity contribution in [3.8, 4) is 5.75 Å². The maximum atomic E-state index is 10.3. The molecule has 0 saturated carbocycles. The van der Waals surface area contributed by atoms with Gasteiger partial charge in [0.2, 0.25) is 0 Å². The van der Waals surface area contributed by atoms with E-state index in [1.54, 1.807) is 0 Å². The van der Waals surface area contributed by atoms with Crippen LogP contribution in [0.1, 0.15) is 51.5 Å². The Morgan fingerprint density at radius 2 is 2.14 bits per heavy atom. The van der Waals surface area contributed by atoms with Crippen LogP contribution in [-0.4, -0.2) is 42.4 Å². The zero-order valence-electron chi connectivity index (χ0n) is 14.3. The van der Waals surface area contributed by atoms with E-state index >= 15 is 0 Å². The first-order valence-corrected chi connectivity index (χ1v) is 8.72. The van der Waals surface area contributed by atoms with Crippen LogP contribution >= 0.6 is 0 Å². The van der Waals surface area contributed by atoms with Gasteiger partial charge in [-0.1, -0.05) is 39.0 Å². The third kappa shape index (κ3) is 4.99. The molecule has 3 nitrogen and oxygen atoms in total. The first-order valence-electron chi connectivity index (χ1n) is 8.72. The average Bonchev–Trinajstić information content (AvgIpc) is 2.52. The van der Waals surface area contributed by atoms with Gasteiger partial charge in [0.1, 0.15) is 18.5 Å². The second kappa shape index (κ2) is 8.54. The summed E-state index contributed by atoms with van der Waals surface area (Å²) in [6.45, 7) is 9.98. The summed E-state index contributed by atoms with van der Waals surface area (Å²) >= 11 is 0. The molecule has 3 atom stereocenters. The second-order valence-corrected chi connectivity index (χ2v) is 6.82. The summed E-state index contributed by atoms with van der Waals surface area (Å²) in [7, 11) is 0. The van der Waals surface area contributed by atoms with E-state index in [2.05, 4.69) is 37.8 Å². The number of aliphatic hydroxyl groups excluding tert-OH is 1. The summed E-state index contributed by atoms with van der Waals surface area (Å²) in [5, 5.41) is 10.3. The molecule has 0 radical (unpaired) electrons. The molecule has 22 heavy (non-hydrogen) atoms. The Labute approximate surface area is 135 Å². The molecule has 124 valence electrons. The van der Waals surface area contributed by atoms with Gasteiger partial charge in [0.15, 0.2) is 0 Å². The van der Waals surface area contributed by atoms with Gasteiger partial charge < -0.3 is 14.7 Å². The van der Waals surface area contributed by atoms with Crippen molar-refractivity contribution in [3.05, 3.63) is 29.8 Å². The summed E-state index contributed by atoms with van der Waals surface area (Å²) < 4.78 is 5.91. The lowest BCUT2D eigenvalue weighted by Gasteiger charge is -2.32. The predicted octanol–water partition coefficient (Wildman–Crippen LogP) is 3.67. The normalized spacial score (nSPS) is 22.3. The van der Waals surface area contributed by atoms with Crippen molar-refractivity contribution in [2.75, 3.05) is 26.2 Å². The number of hydrogen-bond acceptors (Lipinski definition) is 3. The molecule has 0 unspecified atom stereocenters. The third-order valence-electron chi connectivity index (χ3n) is 4.70. The molecule has 0 bridgehead atoms. The lowest BCUT2D eigenvalue weighted by molar-refractivity contribution is 0.0534. The van der Waals surface area contributed by atoms with Crippen molar-refractivity contribution in [2.24, 2.45) is 5.92 Å². The SMILES string of the molecule is CC[C@H](C)c1ccccc1OC[C@H](O)CN1CCC[C@H](C)C1. The van der Waals surface area contributed by atoms with E-state index in [4.69, 9.17) is 4.74 Å². The highest BCUT2D eigenvalue weighted by Crippen LogP contribution is 2.28. The summed E-state index contributed by atoms with van der Waals surface area (Å²) in [5.74, 6) is 2.15. The van der Waals surface area contributed by atoms with E-state index in [1.165, 1.54) is 18.4 Å². The Balaban J connectivity index is 1.84. The fourth-order valence-electron chi connectivity index (χ4n) is 3.23. The highest BCUT2D eigenvalue weighted by atomic mass is 16.5. The molecule has 0 amide bonds. The molecular weight excluding hydrogens is 274 g/mol. The Hall–Kier alpha value is -1.06. The molecule has 1 aromatic rings. The molecular formula is C19H31NO2. The zero-order valence-corrected chi connectivity index (χ0v) is 14.3. The third-order valence-corrected chi connectivity index (χ3v) is 4.70. The van der Waals surface area contributed by atoms with Gasteiger partial charge in [0.25, 0.3) is 0 Å². The fourth-order valence-corrected chi connectivity index (χ4v) is 3.23. The van der Waals surface area contributed by atoms with Crippen LogP contribution in [0.3, 0.4) is 0 Å². The quantitative estimate of drug-likeness (QED) is 0.834. The van der Waals surface area contributed by atoms with Gasteiger partial charge in [0, 0.05) is 13.1 Å². The number of benzene rings is 1. The smallest absolute Gasteiger partial charge is 0.122 e. The van der Waals surface area contributed by atoms with E-state index in [0.717, 1.165) is 37.7 Å². The standard InChI is InChI=1S/C19H31NO2/c1-4-16(3)18-9-5-6-10-19(18)22-14-17(21)13-20-11-7-8-15(2)12-20/h5-6,9-10,15-17,21H,4,7-8,11-14H2,1-3H3/t15-,16-,17+/m0/s1. The second-order valence-electron chi connectivity index (χ2n) is 6.82. The molecule has 1 fully saturated rings. The number of para-hydroxylation sites is 1. The molecule has 2 rings (SSSR count). The average molecular weight is 305 g/mol. The van der Waals surface area contributed by atoms with Crippen molar-refractivity contribution in [1.82, 2.24) is 4.90 Å². The number of hydrogen-bond donors (Lipinski definition) is 1. The van der Waals surface area contributed by atoms with Crippen molar-refractivity contribution in [2.45, 2.75) is 52.1 Å². The van der Waals surface area contributed by atoms with Crippen molar-refractivity contribution in [3.63, 3.8) is 0 Å². The van der Waals surface area contributed by atoms with Gasteiger partial charge in [-0.15, -0.1) is 0 Å². The molecule has 1 heterocycles. The van der Waals surface area contributed by atoms with Crippen LogP contribution in [0.4, 0.5) is 0 Å². The van der Waals surface area contributed by atoms with E-state index in [9.17, 15) is 5.11 Å². The number of β-amino-alcohol motifs (C(OH)–C–C–N with tert-alkyl or cyclic N) is 1.